The van der Waals surface area contributed by atoms with Crippen LogP contribution in [0.25, 0.3) is 22.5 Å². The van der Waals surface area contributed by atoms with E-state index in [0.717, 1.165) is 6.42 Å². The van der Waals surface area contributed by atoms with Gasteiger partial charge in [0, 0.05) is 46.7 Å². The van der Waals surface area contributed by atoms with Crippen LogP contribution in [0.2, 0.25) is 0 Å². The number of nitrogens with zero attached hydrogens (tertiary/aromatic N) is 10. The van der Waals surface area contributed by atoms with Crippen LogP contribution < -0.4 is 0 Å². The maximum Gasteiger partial charge on any atom is 0.259 e. The van der Waals surface area contributed by atoms with Crippen molar-refractivity contribution in [2.24, 2.45) is 9.98 Å². The van der Waals surface area contributed by atoms with Crippen LogP contribution in [0.4, 0.5) is 11.8 Å². The van der Waals surface area contributed by atoms with Gasteiger partial charge in [0.2, 0.25) is 0 Å². The van der Waals surface area contributed by atoms with Gasteiger partial charge in [-0.1, -0.05) is 6.92 Å². The van der Waals surface area contributed by atoms with Crippen molar-refractivity contribution in [3.05, 3.63) is 18.4 Å². The van der Waals surface area contributed by atoms with E-state index in [1.807, 2.05) is 50.1 Å². The summed E-state index contributed by atoms with van der Waals surface area (Å²) in [5.74, 6) is 1.21. The molecule has 4 atom stereocenters. The lowest BCUT2D eigenvalue weighted by molar-refractivity contribution is -0.0215. The Labute approximate surface area is 266 Å². The van der Waals surface area contributed by atoms with Gasteiger partial charge < -0.3 is 28.0 Å². The highest BCUT2D eigenvalue weighted by Crippen LogP contribution is 2.50. The molecule has 14 nitrogen and oxygen atoms in total. The van der Waals surface area contributed by atoms with Gasteiger partial charge in [-0.15, -0.1) is 0 Å². The Bertz CT molecular complexity index is 1470. The van der Waals surface area contributed by atoms with Crippen molar-refractivity contribution in [1.29, 1.82) is 5.26 Å². The average molecular weight is 641 g/mol. The van der Waals surface area contributed by atoms with E-state index < -0.39 is 14.8 Å². The molecule has 1 fully saturated rings. The topological polar surface area (TPSA) is 143 Å². The Balaban J connectivity index is 1.79. The number of ether oxygens (including phenoxy) is 1. The largest absolute Gasteiger partial charge is 0.463 e. The zero-order valence-corrected chi connectivity index (χ0v) is 28.5. The van der Waals surface area contributed by atoms with E-state index >= 15 is 0 Å². The number of rotatable bonds is 15. The monoisotopic (exact) mass is 640 g/mol. The molecular weight excluding hydrogens is 595 g/mol. The van der Waals surface area contributed by atoms with Crippen molar-refractivity contribution in [3.8, 4) is 17.5 Å². The molecule has 1 aliphatic rings. The Morgan fingerprint density at radius 3 is 2.44 bits per heavy atom. The first-order chi connectivity index (χ1) is 21.5. The molecule has 3 aromatic rings. The molecule has 0 radical (unpaired) electrons. The number of nitriles is 1. The molecule has 1 saturated heterocycles. The molecule has 0 bridgehead atoms. The third kappa shape index (κ3) is 8.42. The SMILES string of the molecule is CCC1OC(n2nc(-c3ccco3)c3c(/N=C\N(C)C)nc(/N=C/N(C)C)nc32)CC1OP(OCCC#N)N(C(C)C)C(C)C. The summed E-state index contributed by atoms with van der Waals surface area (Å²) in [5, 5.41) is 14.7. The fourth-order valence-corrected chi connectivity index (χ4v) is 6.78. The summed E-state index contributed by atoms with van der Waals surface area (Å²) in [4.78, 5) is 22.3. The van der Waals surface area contributed by atoms with Crippen molar-refractivity contribution in [3.63, 3.8) is 0 Å². The summed E-state index contributed by atoms with van der Waals surface area (Å²) < 4.78 is 29.4. The van der Waals surface area contributed by atoms with Gasteiger partial charge in [0.15, 0.2) is 23.5 Å². The predicted octanol–water partition coefficient (Wildman–Crippen LogP) is 5.89. The molecule has 3 aromatic heterocycles. The minimum Gasteiger partial charge on any atom is -0.463 e. The first-order valence-electron chi connectivity index (χ1n) is 15.2. The van der Waals surface area contributed by atoms with Crippen LogP contribution in [-0.4, -0.2) is 106 Å². The summed E-state index contributed by atoms with van der Waals surface area (Å²) in [6.07, 6.45) is 5.45. The van der Waals surface area contributed by atoms with Gasteiger partial charge in [0.25, 0.3) is 14.5 Å². The number of aliphatic imine (C=N–C) groups is 2. The molecule has 0 spiro atoms. The highest BCUT2D eigenvalue weighted by molar-refractivity contribution is 7.44. The lowest BCUT2D eigenvalue weighted by atomic mass is 10.1. The van der Waals surface area contributed by atoms with Crippen LogP contribution in [0.15, 0.2) is 32.8 Å². The van der Waals surface area contributed by atoms with Crippen molar-refractivity contribution in [1.82, 2.24) is 34.2 Å². The van der Waals surface area contributed by atoms with Crippen LogP contribution in [0.3, 0.4) is 0 Å². The molecule has 0 saturated carbocycles. The molecule has 1 aliphatic heterocycles. The molecule has 4 heterocycles. The summed E-state index contributed by atoms with van der Waals surface area (Å²) in [5.41, 5.74) is 1.07. The molecule has 0 N–H and O–H groups in total. The molecule has 0 amide bonds. The zero-order valence-electron chi connectivity index (χ0n) is 27.7. The van der Waals surface area contributed by atoms with Crippen molar-refractivity contribution < 1.29 is 18.2 Å². The normalized spacial score (nSPS) is 19.6. The Hall–Kier alpha value is -3.47. The summed E-state index contributed by atoms with van der Waals surface area (Å²) in [6, 6.07) is 6.18. The van der Waals surface area contributed by atoms with Gasteiger partial charge in [-0.05, 0) is 46.2 Å². The average Bonchev–Trinajstić information content (AvgIpc) is 3.73. The fraction of sp³-hybridized carbons (Fsp3) is 0.600. The quantitative estimate of drug-likeness (QED) is 0.0849. The molecule has 0 aliphatic carbocycles. The van der Waals surface area contributed by atoms with Crippen LogP contribution in [0, 0.1) is 11.3 Å². The molecule has 244 valence electrons. The molecule has 4 unspecified atom stereocenters. The Kier molecular flexibility index (Phi) is 12.0. The standard InChI is InChI=1S/C30H45N10O4P/c1-10-22-24(44-45(42-16-12-14-31)40(20(2)3)21(4)5)17-25(43-22)39-29-26(27(36-39)23-13-11-15-41-23)28(32-18-37(6)7)34-30(35-29)33-19-38(8)9/h11,13,15,18-22,24-25H,10,12,16-17H2,1-9H3/b32-18-,33-19+. The first kappa shape index (κ1) is 34.4. The second kappa shape index (κ2) is 15.7. The highest BCUT2D eigenvalue weighted by Gasteiger charge is 2.42. The smallest absolute Gasteiger partial charge is 0.259 e. The second-order valence-electron chi connectivity index (χ2n) is 11.7. The van der Waals surface area contributed by atoms with E-state index in [9.17, 15) is 0 Å². The number of fused-ring (bicyclic) bond motifs is 1. The first-order valence-corrected chi connectivity index (χ1v) is 16.3. The third-order valence-electron chi connectivity index (χ3n) is 6.83. The zero-order chi connectivity index (χ0) is 32.7. The van der Waals surface area contributed by atoms with Gasteiger partial charge >= 0.3 is 0 Å². The van der Waals surface area contributed by atoms with Gasteiger partial charge in [0.1, 0.15) is 5.69 Å². The van der Waals surface area contributed by atoms with Crippen molar-refractivity contribution in [2.45, 2.75) is 84.4 Å². The van der Waals surface area contributed by atoms with E-state index in [4.69, 9.17) is 33.5 Å². The predicted molar refractivity (Wildman–Crippen MR) is 176 cm³/mol. The lowest BCUT2D eigenvalue weighted by Gasteiger charge is -2.37. The summed E-state index contributed by atoms with van der Waals surface area (Å²) in [7, 11) is 6.08. The van der Waals surface area contributed by atoms with Gasteiger partial charge in [-0.2, -0.15) is 20.3 Å². The van der Waals surface area contributed by atoms with Crippen LogP contribution >= 0.6 is 8.53 Å². The van der Waals surface area contributed by atoms with Gasteiger partial charge in [-0.3, -0.25) is 0 Å². The number of hydrogen-bond donors (Lipinski definition) is 0. The Morgan fingerprint density at radius 1 is 1.13 bits per heavy atom. The van der Waals surface area contributed by atoms with Crippen LogP contribution in [0.5, 0.6) is 0 Å². The summed E-state index contributed by atoms with van der Waals surface area (Å²) in [6.45, 7) is 10.9. The van der Waals surface area contributed by atoms with Crippen LogP contribution in [-0.2, 0) is 13.8 Å². The maximum atomic E-state index is 9.13. The third-order valence-corrected chi connectivity index (χ3v) is 8.99. The molecule has 15 heteroatoms. The maximum absolute atomic E-state index is 9.13. The van der Waals surface area contributed by atoms with E-state index in [1.165, 1.54) is 0 Å². The molecule has 45 heavy (non-hydrogen) atoms. The highest BCUT2D eigenvalue weighted by atomic mass is 31.2. The summed E-state index contributed by atoms with van der Waals surface area (Å²) >= 11 is 0. The van der Waals surface area contributed by atoms with E-state index in [-0.39, 0.29) is 30.2 Å². The molecule has 0 aromatic carbocycles. The van der Waals surface area contributed by atoms with Crippen molar-refractivity contribution in [2.75, 3.05) is 34.8 Å². The fourth-order valence-electron chi connectivity index (χ4n) is 5.02. The van der Waals surface area contributed by atoms with E-state index in [1.54, 1.807) is 23.6 Å². The van der Waals surface area contributed by atoms with Gasteiger partial charge in [0.05, 0.1) is 55.6 Å². The second-order valence-corrected chi connectivity index (χ2v) is 13.1. The minimum absolute atomic E-state index is 0.182. The van der Waals surface area contributed by atoms with E-state index in [0.29, 0.717) is 47.8 Å². The minimum atomic E-state index is -1.45. The number of aromatic nitrogens is 4. The molecule has 4 rings (SSSR count). The van der Waals surface area contributed by atoms with E-state index in [2.05, 4.69) is 60.3 Å². The number of hydrogen-bond acceptors (Lipinski definition) is 11. The Morgan fingerprint density at radius 2 is 1.84 bits per heavy atom. The van der Waals surface area contributed by atoms with Crippen molar-refractivity contribution >= 4 is 44.0 Å². The van der Waals surface area contributed by atoms with Crippen LogP contribution in [0.1, 0.15) is 60.1 Å². The van der Waals surface area contributed by atoms with Gasteiger partial charge in [-0.25, -0.2) is 19.3 Å². The number of furan rings is 1. The molecular formula is C30H45N10O4P. The lowest BCUT2D eigenvalue weighted by Crippen LogP contribution is -2.35.